The molecule has 2 N–H and O–H groups in total. The molecule has 7 heteroatoms. The molecule has 1 aliphatic heterocycles. The maximum absolute atomic E-state index is 5.38. The van der Waals surface area contributed by atoms with Crippen LogP contribution in [0.4, 0.5) is 0 Å². The molecule has 0 saturated carbocycles. The van der Waals surface area contributed by atoms with Crippen LogP contribution >= 0.6 is 24.0 Å². The van der Waals surface area contributed by atoms with Gasteiger partial charge in [0.05, 0.1) is 5.69 Å². The lowest BCUT2D eigenvalue weighted by Crippen LogP contribution is -2.38. The molecule has 1 fully saturated rings. The van der Waals surface area contributed by atoms with Crippen LogP contribution in [0, 0.1) is 19.8 Å². The Morgan fingerprint density at radius 1 is 1.27 bits per heavy atom. The van der Waals surface area contributed by atoms with E-state index in [1.54, 1.807) is 7.05 Å². The quantitative estimate of drug-likeness (QED) is 0.433. The molecular weight excluding hydrogens is 395 g/mol. The van der Waals surface area contributed by atoms with Crippen molar-refractivity contribution in [2.75, 3.05) is 26.8 Å². The monoisotopic (exact) mass is 422 g/mol. The average molecular weight is 422 g/mol. The highest BCUT2D eigenvalue weighted by Crippen LogP contribution is 2.17. The summed E-state index contributed by atoms with van der Waals surface area (Å²) in [5.74, 6) is 2.45. The molecule has 6 nitrogen and oxygen atoms in total. The van der Waals surface area contributed by atoms with Crippen LogP contribution in [0.3, 0.4) is 0 Å². The number of hydrogen-bond donors (Lipinski definition) is 2. The van der Waals surface area contributed by atoms with E-state index < -0.39 is 0 Å². The number of aromatic nitrogens is 1. The first-order valence-electron chi connectivity index (χ1n) is 7.64. The topological polar surface area (TPSA) is 71.7 Å². The normalized spacial score (nSPS) is 16.2. The van der Waals surface area contributed by atoms with Crippen LogP contribution in [-0.4, -0.2) is 37.9 Å². The third-order valence-electron chi connectivity index (χ3n) is 4.02. The second kappa shape index (κ2) is 10.0. The summed E-state index contributed by atoms with van der Waals surface area (Å²) >= 11 is 0. The van der Waals surface area contributed by atoms with Gasteiger partial charge in [0.2, 0.25) is 0 Å². The van der Waals surface area contributed by atoms with Crippen molar-refractivity contribution in [3.63, 3.8) is 0 Å². The van der Waals surface area contributed by atoms with E-state index in [0.29, 0.717) is 6.54 Å². The van der Waals surface area contributed by atoms with Crippen molar-refractivity contribution in [3.8, 4) is 0 Å². The second-order valence-electron chi connectivity index (χ2n) is 5.50. The number of aryl methyl sites for hydroxylation is 2. The second-order valence-corrected chi connectivity index (χ2v) is 5.50. The number of nitrogens with one attached hydrogen (secondary N) is 2. The third-order valence-corrected chi connectivity index (χ3v) is 4.02. The molecule has 1 saturated heterocycles. The molecule has 0 bridgehead atoms. The Hall–Kier alpha value is -0.830. The van der Waals surface area contributed by atoms with Crippen LogP contribution < -0.4 is 10.6 Å². The summed E-state index contributed by atoms with van der Waals surface area (Å²) in [4.78, 5) is 4.25. The van der Waals surface area contributed by atoms with Crippen LogP contribution in [0.15, 0.2) is 9.52 Å². The van der Waals surface area contributed by atoms with Gasteiger partial charge in [-0.15, -0.1) is 24.0 Å². The van der Waals surface area contributed by atoms with E-state index >= 15 is 0 Å². The first kappa shape index (κ1) is 19.2. The zero-order valence-electron chi connectivity index (χ0n) is 13.6. The summed E-state index contributed by atoms with van der Waals surface area (Å²) in [6.45, 7) is 7.31. The molecule has 0 radical (unpaired) electrons. The Bertz CT molecular complexity index is 451. The van der Waals surface area contributed by atoms with Gasteiger partial charge in [0.1, 0.15) is 5.76 Å². The van der Waals surface area contributed by atoms with E-state index in [2.05, 4.69) is 20.8 Å². The Morgan fingerprint density at radius 3 is 2.59 bits per heavy atom. The Balaban J connectivity index is 0.00000242. The van der Waals surface area contributed by atoms with E-state index in [4.69, 9.17) is 9.26 Å². The molecule has 0 amide bonds. The zero-order chi connectivity index (χ0) is 15.1. The van der Waals surface area contributed by atoms with Gasteiger partial charge in [0, 0.05) is 38.9 Å². The average Bonchev–Trinajstić information content (AvgIpc) is 2.83. The molecule has 0 aliphatic carbocycles. The van der Waals surface area contributed by atoms with Crippen molar-refractivity contribution >= 4 is 29.9 Å². The molecule has 2 heterocycles. The van der Waals surface area contributed by atoms with E-state index in [1.807, 2.05) is 13.8 Å². The highest BCUT2D eigenvalue weighted by molar-refractivity contribution is 14.0. The summed E-state index contributed by atoms with van der Waals surface area (Å²) in [6, 6.07) is 0. The van der Waals surface area contributed by atoms with Crippen molar-refractivity contribution in [3.05, 3.63) is 17.0 Å². The maximum Gasteiger partial charge on any atom is 0.191 e. The number of rotatable bonds is 5. The maximum atomic E-state index is 5.38. The summed E-state index contributed by atoms with van der Waals surface area (Å²) in [7, 11) is 1.79. The minimum atomic E-state index is 0. The molecule has 2 rings (SSSR count). The summed E-state index contributed by atoms with van der Waals surface area (Å²) < 4.78 is 10.5. The van der Waals surface area contributed by atoms with Crippen LogP contribution in [0.25, 0.3) is 0 Å². The van der Waals surface area contributed by atoms with Gasteiger partial charge in [-0.3, -0.25) is 4.99 Å². The lowest BCUT2D eigenvalue weighted by molar-refractivity contribution is 0.0643. The number of ether oxygens (including phenoxy) is 1. The fourth-order valence-corrected chi connectivity index (χ4v) is 2.58. The first-order valence-corrected chi connectivity index (χ1v) is 7.64. The first-order chi connectivity index (χ1) is 10.2. The van der Waals surface area contributed by atoms with E-state index in [1.165, 1.54) is 12.8 Å². The van der Waals surface area contributed by atoms with Crippen molar-refractivity contribution in [1.82, 2.24) is 15.8 Å². The van der Waals surface area contributed by atoms with Crippen LogP contribution in [0.5, 0.6) is 0 Å². The lowest BCUT2D eigenvalue weighted by atomic mass is 9.97. The number of aliphatic imine (C=N–C) groups is 1. The van der Waals surface area contributed by atoms with Crippen LogP contribution in [0.1, 0.15) is 36.3 Å². The lowest BCUT2D eigenvalue weighted by Gasteiger charge is -2.22. The highest BCUT2D eigenvalue weighted by Gasteiger charge is 2.13. The van der Waals surface area contributed by atoms with Crippen LogP contribution in [0.2, 0.25) is 0 Å². The summed E-state index contributed by atoms with van der Waals surface area (Å²) in [5.41, 5.74) is 2.03. The smallest absolute Gasteiger partial charge is 0.191 e. The van der Waals surface area contributed by atoms with Gasteiger partial charge in [-0.1, -0.05) is 5.16 Å². The molecule has 1 aromatic heterocycles. The SMILES string of the molecule is CN=C(NCCC1CCOCC1)NCc1c(C)noc1C.I. The van der Waals surface area contributed by atoms with E-state index in [-0.39, 0.29) is 24.0 Å². The summed E-state index contributed by atoms with van der Waals surface area (Å²) in [6.07, 6.45) is 3.51. The Kier molecular flexibility index (Phi) is 8.77. The van der Waals surface area contributed by atoms with Gasteiger partial charge in [-0.05, 0) is 39.0 Å². The largest absolute Gasteiger partial charge is 0.381 e. The van der Waals surface area contributed by atoms with Crippen molar-refractivity contribution in [2.24, 2.45) is 10.9 Å². The minimum Gasteiger partial charge on any atom is -0.381 e. The molecule has 0 unspecified atom stereocenters. The number of guanidine groups is 1. The predicted octanol–water partition coefficient (Wildman–Crippen LogP) is 2.39. The van der Waals surface area contributed by atoms with Gasteiger partial charge in [-0.2, -0.15) is 0 Å². The van der Waals surface area contributed by atoms with Crippen molar-refractivity contribution < 1.29 is 9.26 Å². The number of hydrogen-bond acceptors (Lipinski definition) is 4. The molecule has 22 heavy (non-hydrogen) atoms. The molecule has 0 aromatic carbocycles. The van der Waals surface area contributed by atoms with Crippen LogP contribution in [-0.2, 0) is 11.3 Å². The summed E-state index contributed by atoms with van der Waals surface area (Å²) in [5, 5.41) is 10.6. The van der Waals surface area contributed by atoms with E-state index in [0.717, 1.165) is 55.1 Å². The minimum absolute atomic E-state index is 0. The molecule has 126 valence electrons. The molecule has 1 aliphatic rings. The zero-order valence-corrected chi connectivity index (χ0v) is 16.0. The van der Waals surface area contributed by atoms with Crippen molar-refractivity contribution in [2.45, 2.75) is 39.7 Å². The van der Waals surface area contributed by atoms with Gasteiger partial charge in [0.25, 0.3) is 0 Å². The standard InChI is InChI=1S/C15H26N4O2.HI/c1-11-14(12(2)21-19-11)10-18-15(16-3)17-7-4-13-5-8-20-9-6-13;/h13H,4-10H2,1-3H3,(H2,16,17,18);1H. The Labute approximate surface area is 149 Å². The molecule has 1 aromatic rings. The molecule has 0 spiro atoms. The Morgan fingerprint density at radius 2 is 2.00 bits per heavy atom. The van der Waals surface area contributed by atoms with Gasteiger partial charge in [0.15, 0.2) is 5.96 Å². The van der Waals surface area contributed by atoms with Gasteiger partial charge in [-0.25, -0.2) is 0 Å². The fourth-order valence-electron chi connectivity index (χ4n) is 2.58. The highest BCUT2D eigenvalue weighted by atomic mass is 127. The van der Waals surface area contributed by atoms with E-state index in [9.17, 15) is 0 Å². The predicted molar refractivity (Wildman–Crippen MR) is 97.8 cm³/mol. The van der Waals surface area contributed by atoms with Crippen molar-refractivity contribution in [1.29, 1.82) is 0 Å². The number of nitrogens with zero attached hydrogens (tertiary/aromatic N) is 2. The number of halogens is 1. The fraction of sp³-hybridized carbons (Fsp3) is 0.733. The third kappa shape index (κ3) is 5.75. The van der Waals surface area contributed by atoms with Gasteiger partial charge >= 0.3 is 0 Å². The van der Waals surface area contributed by atoms with Gasteiger partial charge < -0.3 is 19.9 Å². The molecule has 0 atom stereocenters. The molecular formula is C15H27IN4O2.